The molecule has 0 bridgehead atoms. The summed E-state index contributed by atoms with van der Waals surface area (Å²) in [5.74, 6) is 0. The van der Waals surface area contributed by atoms with Crippen LogP contribution in [0.2, 0.25) is 0 Å². The third-order valence-corrected chi connectivity index (χ3v) is 9.96. The van der Waals surface area contributed by atoms with Gasteiger partial charge in [-0.25, -0.2) is 4.57 Å². The lowest BCUT2D eigenvalue weighted by Gasteiger charge is -2.39. The van der Waals surface area contributed by atoms with E-state index in [1.165, 1.54) is 0 Å². The van der Waals surface area contributed by atoms with E-state index in [0.717, 1.165) is 0 Å². The van der Waals surface area contributed by atoms with Crippen molar-refractivity contribution in [2.24, 2.45) is 0 Å². The molecule has 0 saturated heterocycles. The first-order chi connectivity index (χ1) is 20.4. The molecule has 0 fully saturated rings. The Bertz CT molecular complexity index is 1010. The highest BCUT2D eigenvalue weighted by molar-refractivity contribution is 7.58. The molecule has 0 saturated carbocycles. The second-order valence-corrected chi connectivity index (χ2v) is 19.2. The lowest BCUT2D eigenvalue weighted by Crippen LogP contribution is -2.23. The summed E-state index contributed by atoms with van der Waals surface area (Å²) in [7, 11) is -37.8. The monoisotopic (exact) mass is 1390 g/mol. The lowest BCUT2D eigenvalue weighted by molar-refractivity contribution is -0.368. The summed E-state index contributed by atoms with van der Waals surface area (Å²) >= 11 is 33.3. The summed E-state index contributed by atoms with van der Waals surface area (Å²) in [6.07, 6.45) is 0.837. The van der Waals surface area contributed by atoms with Crippen molar-refractivity contribution in [3.05, 3.63) is 0 Å². The molecule has 0 aliphatic rings. The second kappa shape index (κ2) is 53.5. The largest absolute Gasteiger partial charge is 0.790 e. The van der Waals surface area contributed by atoms with Crippen molar-refractivity contribution in [1.29, 1.82) is 0 Å². The molecule has 386 valence electrons. The van der Waals surface area contributed by atoms with Crippen LogP contribution in [0.5, 0.6) is 0 Å². The maximum atomic E-state index is 12.2. The minimum atomic E-state index is -5.68. The van der Waals surface area contributed by atoms with Crippen molar-refractivity contribution in [2.45, 2.75) is 33.8 Å². The summed E-state index contributed by atoms with van der Waals surface area (Å²) in [4.78, 5) is 110. The van der Waals surface area contributed by atoms with Crippen LogP contribution in [-0.4, -0.2) is 34.3 Å². The van der Waals surface area contributed by atoms with Gasteiger partial charge in [-0.3, -0.25) is 13.6 Å². The quantitative estimate of drug-likeness (QED) is 0.0908. The number of alkyl halides is 6. The summed E-state index contributed by atoms with van der Waals surface area (Å²) < 4.78 is 90.9. The summed E-state index contributed by atoms with van der Waals surface area (Å²) in [5, 5.41) is 0. The van der Waals surface area contributed by atoms with E-state index in [1.807, 2.05) is 0 Å². The fraction of sp³-hybridized carbons (Fsp3) is 1.00. The zero-order valence-corrected chi connectivity index (χ0v) is 48.5. The van der Waals surface area contributed by atoms with Crippen molar-refractivity contribution in [2.75, 3.05) is 19.8 Å². The maximum absolute atomic E-state index is 12.2. The Kier molecular flexibility index (Phi) is 101. The van der Waals surface area contributed by atoms with E-state index in [2.05, 4.69) is 12.9 Å². The van der Waals surface area contributed by atoms with Crippen LogP contribution < -0.4 is 58.7 Å². The van der Waals surface area contributed by atoms with Gasteiger partial charge in [-0.15, -0.1) is 69.6 Å². The maximum Gasteiger partial charge on any atom is 0.474 e. The Morgan fingerprint density at radius 3 is 0.492 bits per heavy atom. The molecule has 25 nitrogen and oxygen atoms in total. The third-order valence-electron chi connectivity index (χ3n) is 2.36. The van der Waals surface area contributed by atoms with Gasteiger partial charge in [0.05, 0.1) is 216 Å². The minimum Gasteiger partial charge on any atom is -0.790 e. The number of halogens is 18. The fourth-order valence-electron chi connectivity index (χ4n) is 1.24. The fourth-order valence-corrected chi connectivity index (χ4v) is 5.92. The molecule has 0 aliphatic heterocycles. The Morgan fingerprint density at radius 2 is 0.424 bits per heavy atom. The smallest absolute Gasteiger partial charge is 0.474 e. The van der Waals surface area contributed by atoms with Gasteiger partial charge in [0, 0.05) is 19.3 Å². The van der Waals surface area contributed by atoms with E-state index in [1.54, 1.807) is 0 Å². The standard InChI is InChI=1S/C9H15Cl6O4P.12ClH2.3H4O7P2/c10-7(11)1-4-17-20(16,18-5-2-8(12)13)19-6-3-9(14)15;;;;;;;;;;;;;3*1-8(2,3)7-9(4,5)6/h7-9H,1-6H2;12*1H2;3*(H2,1,2,3)(H2,4,5,6)/q;12*+1;;;/p-12. The molecule has 0 unspecified atom stereocenters. The molecule has 0 amide bonds. The SMILES string of the molecule is O=P(OCCC(Cl)Cl)(OCCC(Cl)Cl)OCCC(Cl)Cl.O=P([O-])([O-])OP(=O)([O-])[O-].O=P([O-])([O-])OP(=O)([O-])[O-].O=P([O-])([O-])OP(=O)([O-])[O-].[ClH2+].[ClH2+].[ClH2+].[ClH2+].[ClH2+].[ClH2+].[ClH2+].[ClH2+].[ClH2+].[ClH2+].[ClH2+].[ClH2+]. The molecule has 0 heterocycles. The Morgan fingerprint density at radius 1 is 0.305 bits per heavy atom. The van der Waals surface area contributed by atoms with E-state index >= 15 is 0 Å². The molecule has 0 aromatic rings. The van der Waals surface area contributed by atoms with Crippen molar-refractivity contribution < 1.29 is 266 Å². The van der Waals surface area contributed by atoms with E-state index in [-0.39, 0.29) is 188 Å². The van der Waals surface area contributed by atoms with Gasteiger partial charge in [-0.05, 0) is 0 Å². The molecule has 0 aromatic carbocycles. The second-order valence-electron chi connectivity index (χ2n) is 6.41. The van der Waals surface area contributed by atoms with Gasteiger partial charge >= 0.3 is 7.82 Å². The van der Waals surface area contributed by atoms with Gasteiger partial charge in [-0.2, -0.15) is 0 Å². The number of phosphoric acid groups is 7. The van der Waals surface area contributed by atoms with Gasteiger partial charge < -0.3 is 99.0 Å². The summed E-state index contributed by atoms with van der Waals surface area (Å²) in [6, 6.07) is 0. The average Bonchev–Trinajstić information content (AvgIpc) is 2.66. The summed E-state index contributed by atoms with van der Waals surface area (Å²) in [5.41, 5.74) is 0. The molecule has 0 aliphatic carbocycles. The molecular formula is C9H39Cl18O25P7. The number of phosphoric ester groups is 1. The predicted octanol–water partition coefficient (Wildman–Crippen LogP) is -10.7. The predicted molar refractivity (Wildman–Crippen MR) is 168 cm³/mol. The molecule has 0 radical (unpaired) electrons. The molecule has 0 N–H and O–H groups in total. The minimum absolute atomic E-state index is 0. The molecule has 0 atom stereocenters. The van der Waals surface area contributed by atoms with Crippen LogP contribution in [0.4, 0.5) is 0 Å². The van der Waals surface area contributed by atoms with Crippen molar-refractivity contribution in [1.82, 2.24) is 0 Å². The number of hydrogen-bond acceptors (Lipinski definition) is 25. The Labute approximate surface area is 439 Å². The molecular weight excluding hydrogens is 1360 g/mol. The molecule has 50 heteroatoms. The molecule has 0 spiro atoms. The number of rotatable bonds is 18. The molecule has 59 heavy (non-hydrogen) atoms. The Balaban J connectivity index is -0.0000000297. The van der Waals surface area contributed by atoms with Crippen LogP contribution in [0.1, 0.15) is 19.3 Å². The van der Waals surface area contributed by atoms with Gasteiger partial charge in [0.25, 0.3) is 0 Å². The van der Waals surface area contributed by atoms with Crippen LogP contribution in [0.3, 0.4) is 0 Å². The molecule has 0 rings (SSSR count). The first-order valence-corrected chi connectivity index (χ1v) is 22.9. The van der Waals surface area contributed by atoms with E-state index < -0.39 is 69.3 Å². The van der Waals surface area contributed by atoms with Crippen molar-refractivity contribution in [3.8, 4) is 0 Å². The van der Waals surface area contributed by atoms with E-state index in [4.69, 9.17) is 83.2 Å². The lowest BCUT2D eigenvalue weighted by atomic mass is 10.5. The van der Waals surface area contributed by atoms with Gasteiger partial charge in [0.15, 0.2) is 0 Å². The van der Waals surface area contributed by atoms with Gasteiger partial charge in [0.2, 0.25) is 0 Å². The van der Waals surface area contributed by atoms with Crippen LogP contribution in [0, 0.1) is 149 Å². The third kappa shape index (κ3) is 122. The van der Waals surface area contributed by atoms with E-state index in [0.29, 0.717) is 0 Å². The van der Waals surface area contributed by atoms with Crippen LogP contribution in [-0.2, 0) is 58.5 Å². The topological polar surface area (TPSA) is 452 Å². The first-order valence-electron chi connectivity index (χ1n) is 10.0. The average molecular weight is 1400 g/mol. The van der Waals surface area contributed by atoms with Crippen LogP contribution in [0.15, 0.2) is 0 Å². The first kappa shape index (κ1) is 111. The van der Waals surface area contributed by atoms with Crippen molar-refractivity contribution >= 4 is 124 Å². The zero-order chi connectivity index (χ0) is 38.7. The highest BCUT2D eigenvalue weighted by atomic mass is 35.5. The highest BCUT2D eigenvalue weighted by Gasteiger charge is 2.27. The Hall–Kier alpha value is 6.11. The van der Waals surface area contributed by atoms with Crippen LogP contribution in [0.25, 0.3) is 0 Å². The zero-order valence-electron chi connectivity index (χ0n) is 26.9. The van der Waals surface area contributed by atoms with Crippen LogP contribution >= 0.6 is 124 Å². The van der Waals surface area contributed by atoms with Gasteiger partial charge in [0.1, 0.15) is 14.5 Å². The highest BCUT2D eigenvalue weighted by Crippen LogP contribution is 2.50. The summed E-state index contributed by atoms with van der Waals surface area (Å²) in [6.45, 7) is 0.0574. The molecule has 0 aromatic heterocycles. The number of hydrogen-bond donors (Lipinski definition) is 0. The van der Waals surface area contributed by atoms with E-state index in [9.17, 15) is 90.7 Å². The normalized spacial score (nSPS) is 10.7. The van der Waals surface area contributed by atoms with Crippen molar-refractivity contribution in [3.63, 3.8) is 0 Å². The van der Waals surface area contributed by atoms with Gasteiger partial charge in [-0.1, -0.05) is 0 Å².